The van der Waals surface area contributed by atoms with Crippen LogP contribution in [-0.4, -0.2) is 37.1 Å². The second-order valence-electron chi connectivity index (χ2n) is 9.32. The predicted molar refractivity (Wildman–Crippen MR) is 129 cm³/mol. The number of anilines is 2. The summed E-state index contributed by atoms with van der Waals surface area (Å²) in [6.07, 6.45) is -11.4. The molecule has 0 bridgehead atoms. The smallest absolute Gasteiger partial charge is 0.440 e. The number of esters is 2. The summed E-state index contributed by atoms with van der Waals surface area (Å²) in [5, 5.41) is 2.22. The summed E-state index contributed by atoms with van der Waals surface area (Å²) in [5.41, 5.74) is -3.36. The minimum Gasteiger partial charge on any atom is -0.440 e. The van der Waals surface area contributed by atoms with Gasteiger partial charge in [0.25, 0.3) is 5.92 Å². The van der Waals surface area contributed by atoms with Gasteiger partial charge in [0.2, 0.25) is 0 Å². The van der Waals surface area contributed by atoms with E-state index in [-0.39, 0.29) is 35.8 Å². The first-order valence-corrected chi connectivity index (χ1v) is 12.0. The number of piperidine rings is 1. The summed E-state index contributed by atoms with van der Waals surface area (Å²) in [6.45, 7) is 0.959. The number of para-hydroxylation sites is 1. The van der Waals surface area contributed by atoms with Crippen LogP contribution in [-0.2, 0) is 15.7 Å². The van der Waals surface area contributed by atoms with Crippen molar-refractivity contribution >= 4 is 34.5 Å². The Hall–Kier alpha value is -4.17. The highest BCUT2D eigenvalue weighted by atomic mass is 19.4. The van der Waals surface area contributed by atoms with Gasteiger partial charge in [-0.1, -0.05) is 12.1 Å². The molecule has 2 heterocycles. The molecule has 1 aliphatic heterocycles. The number of nitrogens with zero attached hydrogens (tertiary/aromatic N) is 1. The van der Waals surface area contributed by atoms with Crippen molar-refractivity contribution in [1.82, 2.24) is 0 Å². The molecule has 1 saturated heterocycles. The third-order valence-electron chi connectivity index (χ3n) is 6.38. The molecule has 0 radical (unpaired) electrons. The number of hydrogen-bond acceptors (Lipinski definition) is 7. The standard InChI is InChI=1S/C26H20F8N2O5/c1-13(35-18-5-3-2-4-15(18)22(38)41-23(39)26(32,33)34)16-10-14(25(29,30)31)11-17-19(37)12-20(40-21(16)17)36-8-6-24(27,28)7-9-36/h2-5,10-13,35H,6-9H2,1H3. The van der Waals surface area contributed by atoms with Crippen LogP contribution in [0.25, 0.3) is 11.0 Å². The first-order chi connectivity index (χ1) is 19.0. The quantitative estimate of drug-likeness (QED) is 0.207. The van der Waals surface area contributed by atoms with E-state index in [0.29, 0.717) is 12.1 Å². The number of hydrogen-bond donors (Lipinski definition) is 1. The van der Waals surface area contributed by atoms with E-state index in [2.05, 4.69) is 10.1 Å². The van der Waals surface area contributed by atoms with Crippen LogP contribution in [0.3, 0.4) is 0 Å². The molecule has 1 atom stereocenters. The molecule has 1 N–H and O–H groups in total. The maximum Gasteiger partial charge on any atom is 0.491 e. The molecule has 220 valence electrons. The minimum absolute atomic E-state index is 0.138. The third-order valence-corrected chi connectivity index (χ3v) is 6.38. The zero-order valence-corrected chi connectivity index (χ0v) is 21.0. The Morgan fingerprint density at radius 1 is 1.02 bits per heavy atom. The average Bonchev–Trinajstić information content (AvgIpc) is 2.87. The monoisotopic (exact) mass is 592 g/mol. The van der Waals surface area contributed by atoms with Gasteiger partial charge in [0.1, 0.15) is 5.58 Å². The van der Waals surface area contributed by atoms with Crippen molar-refractivity contribution in [2.45, 2.75) is 44.1 Å². The number of carbonyl (C=O) groups excluding carboxylic acids is 2. The molecule has 1 aromatic heterocycles. The average molecular weight is 592 g/mol. The Morgan fingerprint density at radius 2 is 1.66 bits per heavy atom. The van der Waals surface area contributed by atoms with Crippen LogP contribution in [0.1, 0.15) is 47.3 Å². The SMILES string of the molecule is CC(Nc1ccccc1C(=O)OC(=O)C(F)(F)F)c1cc(C(F)(F)F)cc2c(=O)cc(N3CCC(F)(F)CC3)oc12. The second-order valence-corrected chi connectivity index (χ2v) is 9.32. The van der Waals surface area contributed by atoms with Crippen molar-refractivity contribution in [3.8, 4) is 0 Å². The van der Waals surface area contributed by atoms with E-state index in [9.17, 15) is 49.5 Å². The summed E-state index contributed by atoms with van der Waals surface area (Å²) in [5.74, 6) is -7.50. The summed E-state index contributed by atoms with van der Waals surface area (Å²) in [6, 6.07) is 5.83. The lowest BCUT2D eigenvalue weighted by Gasteiger charge is -2.32. The summed E-state index contributed by atoms with van der Waals surface area (Å²) < 4.78 is 116. The van der Waals surface area contributed by atoms with E-state index in [1.165, 1.54) is 30.0 Å². The van der Waals surface area contributed by atoms with E-state index in [1.54, 1.807) is 0 Å². The maximum absolute atomic E-state index is 13.7. The van der Waals surface area contributed by atoms with Gasteiger partial charge in [0.05, 0.1) is 22.6 Å². The number of nitrogens with one attached hydrogen (secondary N) is 1. The highest BCUT2D eigenvalue weighted by Crippen LogP contribution is 2.38. The van der Waals surface area contributed by atoms with E-state index in [0.717, 1.165) is 12.1 Å². The van der Waals surface area contributed by atoms with Crippen molar-refractivity contribution in [1.29, 1.82) is 0 Å². The lowest BCUT2D eigenvalue weighted by Crippen LogP contribution is -2.39. The summed E-state index contributed by atoms with van der Waals surface area (Å²) in [4.78, 5) is 37.7. The normalized spacial score (nSPS) is 16.4. The molecule has 1 aliphatic rings. The Balaban J connectivity index is 1.76. The number of benzene rings is 2. The van der Waals surface area contributed by atoms with Crippen molar-refractivity contribution in [3.05, 3.63) is 69.4 Å². The van der Waals surface area contributed by atoms with Crippen molar-refractivity contribution in [2.24, 2.45) is 0 Å². The molecule has 0 aliphatic carbocycles. The van der Waals surface area contributed by atoms with Gasteiger partial charge in [-0.2, -0.15) is 26.3 Å². The van der Waals surface area contributed by atoms with Crippen molar-refractivity contribution in [2.75, 3.05) is 23.3 Å². The van der Waals surface area contributed by atoms with Gasteiger partial charge < -0.3 is 19.4 Å². The number of rotatable bonds is 5. The Kier molecular flexibility index (Phi) is 7.76. The molecule has 2 aromatic carbocycles. The van der Waals surface area contributed by atoms with Crippen LogP contribution < -0.4 is 15.6 Å². The molecule has 4 rings (SSSR count). The van der Waals surface area contributed by atoms with Gasteiger partial charge in [-0.25, -0.2) is 18.4 Å². The largest absolute Gasteiger partial charge is 0.491 e. The molecule has 7 nitrogen and oxygen atoms in total. The van der Waals surface area contributed by atoms with Crippen LogP contribution in [0, 0.1) is 0 Å². The van der Waals surface area contributed by atoms with Crippen LogP contribution in [0.4, 0.5) is 46.7 Å². The van der Waals surface area contributed by atoms with Gasteiger partial charge in [0, 0.05) is 43.2 Å². The number of fused-ring (bicyclic) bond motifs is 1. The number of halogens is 8. The molecular formula is C26H20F8N2O5. The van der Waals surface area contributed by atoms with Crippen LogP contribution >= 0.6 is 0 Å². The molecule has 1 fully saturated rings. The lowest BCUT2D eigenvalue weighted by molar-refractivity contribution is -0.193. The first-order valence-electron chi connectivity index (χ1n) is 12.0. The highest BCUT2D eigenvalue weighted by molar-refractivity contribution is 6.02. The van der Waals surface area contributed by atoms with E-state index < -0.39 is 71.0 Å². The Bertz CT molecular complexity index is 1540. The van der Waals surface area contributed by atoms with E-state index >= 15 is 0 Å². The van der Waals surface area contributed by atoms with Gasteiger partial charge in [-0.15, -0.1) is 0 Å². The molecule has 41 heavy (non-hydrogen) atoms. The zero-order chi connectivity index (χ0) is 30.3. The van der Waals surface area contributed by atoms with Gasteiger partial charge in [0.15, 0.2) is 11.3 Å². The fourth-order valence-corrected chi connectivity index (χ4v) is 4.26. The number of ether oxygens (including phenoxy) is 1. The predicted octanol–water partition coefficient (Wildman–Crippen LogP) is 6.47. The molecular weight excluding hydrogens is 572 g/mol. The fraction of sp³-hybridized carbons (Fsp3) is 0.346. The third kappa shape index (κ3) is 6.60. The van der Waals surface area contributed by atoms with Gasteiger partial charge in [-0.3, -0.25) is 4.79 Å². The highest BCUT2D eigenvalue weighted by Gasteiger charge is 2.43. The molecule has 0 saturated carbocycles. The maximum atomic E-state index is 13.7. The Labute approximate surface area is 225 Å². The lowest BCUT2D eigenvalue weighted by atomic mass is 9.99. The minimum atomic E-state index is -5.46. The van der Waals surface area contributed by atoms with E-state index in [1.807, 2.05) is 0 Å². The summed E-state index contributed by atoms with van der Waals surface area (Å²) in [7, 11) is 0. The topological polar surface area (TPSA) is 88.8 Å². The first kappa shape index (κ1) is 29.8. The second kappa shape index (κ2) is 10.7. The molecule has 15 heteroatoms. The van der Waals surface area contributed by atoms with Crippen LogP contribution in [0.15, 0.2) is 51.7 Å². The van der Waals surface area contributed by atoms with Crippen molar-refractivity contribution in [3.63, 3.8) is 0 Å². The van der Waals surface area contributed by atoms with Gasteiger partial charge in [-0.05, 0) is 31.2 Å². The molecule has 0 spiro atoms. The van der Waals surface area contributed by atoms with E-state index in [4.69, 9.17) is 4.42 Å². The molecule has 0 amide bonds. The fourth-order valence-electron chi connectivity index (χ4n) is 4.26. The van der Waals surface area contributed by atoms with Crippen LogP contribution in [0.2, 0.25) is 0 Å². The molecule has 3 aromatic rings. The van der Waals surface area contributed by atoms with Crippen molar-refractivity contribution < 1.29 is 53.9 Å². The summed E-state index contributed by atoms with van der Waals surface area (Å²) >= 11 is 0. The van der Waals surface area contributed by atoms with Gasteiger partial charge >= 0.3 is 24.3 Å². The molecule has 1 unspecified atom stereocenters. The number of carbonyl (C=O) groups is 2. The zero-order valence-electron chi connectivity index (χ0n) is 21.0. The van der Waals surface area contributed by atoms with Crippen LogP contribution in [0.5, 0.6) is 0 Å². The Morgan fingerprint density at radius 3 is 2.27 bits per heavy atom. The number of alkyl halides is 8.